The second kappa shape index (κ2) is 7.02. The number of rotatable bonds is 3. The zero-order chi connectivity index (χ0) is 18.1. The fourth-order valence-corrected chi connectivity index (χ4v) is 4.17. The first-order chi connectivity index (χ1) is 12.6. The average molecular weight is 423 g/mol. The summed E-state index contributed by atoms with van der Waals surface area (Å²) in [4.78, 5) is 18.9. The van der Waals surface area contributed by atoms with Gasteiger partial charge in [0.1, 0.15) is 0 Å². The van der Waals surface area contributed by atoms with Crippen molar-refractivity contribution in [3.63, 3.8) is 0 Å². The van der Waals surface area contributed by atoms with E-state index in [0.717, 1.165) is 37.2 Å². The lowest BCUT2D eigenvalue weighted by Gasteiger charge is -2.12. The Bertz CT molecular complexity index is 1090. The van der Waals surface area contributed by atoms with Gasteiger partial charge >= 0.3 is 0 Å². The molecule has 1 amide bonds. The quantitative estimate of drug-likeness (QED) is 0.421. The number of benzene rings is 2. The Morgan fingerprint density at radius 3 is 2.62 bits per heavy atom. The van der Waals surface area contributed by atoms with Gasteiger partial charge in [0, 0.05) is 15.5 Å². The summed E-state index contributed by atoms with van der Waals surface area (Å²) in [7, 11) is 0. The molecule has 0 atom stereocenters. The van der Waals surface area contributed by atoms with Crippen molar-refractivity contribution in [1.29, 1.82) is 0 Å². The molecule has 26 heavy (non-hydrogen) atoms. The van der Waals surface area contributed by atoms with Gasteiger partial charge in [0.2, 0.25) is 0 Å². The third kappa shape index (κ3) is 3.28. The summed E-state index contributed by atoms with van der Waals surface area (Å²) in [6.07, 6.45) is 0. The van der Waals surface area contributed by atoms with E-state index < -0.39 is 0 Å². The molecule has 0 radical (unpaired) electrons. The molecule has 2 aromatic carbocycles. The van der Waals surface area contributed by atoms with Gasteiger partial charge in [0.05, 0.1) is 21.7 Å². The lowest BCUT2D eigenvalue weighted by Crippen LogP contribution is -2.13. The van der Waals surface area contributed by atoms with Crippen LogP contribution in [0.1, 0.15) is 15.9 Å². The van der Waals surface area contributed by atoms with E-state index in [2.05, 4.69) is 21.2 Å². The van der Waals surface area contributed by atoms with E-state index in [1.54, 1.807) is 11.3 Å². The van der Waals surface area contributed by atoms with Gasteiger partial charge in [-0.3, -0.25) is 4.79 Å². The highest BCUT2D eigenvalue weighted by Gasteiger charge is 2.16. The number of carbonyl (C=O) groups is 1. The van der Waals surface area contributed by atoms with Crippen molar-refractivity contribution in [2.24, 2.45) is 0 Å². The van der Waals surface area contributed by atoms with E-state index in [0.29, 0.717) is 5.56 Å². The molecule has 0 unspecified atom stereocenters. The second-order valence-electron chi connectivity index (χ2n) is 5.97. The van der Waals surface area contributed by atoms with Gasteiger partial charge in [-0.15, -0.1) is 11.3 Å². The van der Waals surface area contributed by atoms with Gasteiger partial charge in [-0.1, -0.05) is 40.2 Å². The standard InChI is InChI=1S/C21H15BrN2OS/c1-13-10-14(22)11-16-17(21(25)23-15-6-3-2-4-7-15)12-18(24-20(13)16)19-8-5-9-26-19/h2-12H,1H3,(H,23,25). The third-order valence-electron chi connectivity index (χ3n) is 4.12. The monoisotopic (exact) mass is 422 g/mol. The summed E-state index contributed by atoms with van der Waals surface area (Å²) in [5.74, 6) is -0.140. The minimum absolute atomic E-state index is 0.140. The van der Waals surface area contributed by atoms with Crippen LogP contribution in [0.15, 0.2) is 70.5 Å². The molecule has 0 aliphatic rings. The highest BCUT2D eigenvalue weighted by atomic mass is 79.9. The highest BCUT2D eigenvalue weighted by molar-refractivity contribution is 9.10. The fraction of sp³-hybridized carbons (Fsp3) is 0.0476. The Morgan fingerprint density at radius 2 is 1.88 bits per heavy atom. The van der Waals surface area contributed by atoms with Crippen molar-refractivity contribution in [1.82, 2.24) is 4.98 Å². The SMILES string of the molecule is Cc1cc(Br)cc2c(C(=O)Nc3ccccc3)cc(-c3cccs3)nc12. The second-order valence-corrected chi connectivity index (χ2v) is 7.83. The largest absolute Gasteiger partial charge is 0.322 e. The van der Waals surface area contributed by atoms with Gasteiger partial charge in [-0.25, -0.2) is 4.98 Å². The molecule has 3 nitrogen and oxygen atoms in total. The summed E-state index contributed by atoms with van der Waals surface area (Å²) < 4.78 is 0.932. The van der Waals surface area contributed by atoms with Gasteiger partial charge in [-0.05, 0) is 54.3 Å². The van der Waals surface area contributed by atoms with Crippen molar-refractivity contribution in [3.8, 4) is 10.6 Å². The number of nitrogens with one attached hydrogen (secondary N) is 1. The number of nitrogens with zero attached hydrogens (tertiary/aromatic N) is 1. The Labute approximate surface area is 163 Å². The number of hydrogen-bond donors (Lipinski definition) is 1. The summed E-state index contributed by atoms with van der Waals surface area (Å²) in [5, 5.41) is 5.83. The van der Waals surface area contributed by atoms with Crippen LogP contribution in [0.2, 0.25) is 0 Å². The maximum atomic E-state index is 13.0. The molecule has 0 fully saturated rings. The molecule has 2 aromatic heterocycles. The Hall–Kier alpha value is -2.50. The van der Waals surface area contributed by atoms with Crippen LogP contribution in [0.3, 0.4) is 0 Å². The fourth-order valence-electron chi connectivity index (χ4n) is 2.91. The van der Waals surface area contributed by atoms with Crippen LogP contribution in [-0.4, -0.2) is 10.9 Å². The minimum atomic E-state index is -0.140. The molecule has 0 saturated carbocycles. The van der Waals surface area contributed by atoms with Gasteiger partial charge < -0.3 is 5.32 Å². The molecule has 4 rings (SSSR count). The van der Waals surface area contributed by atoms with Gasteiger partial charge in [-0.2, -0.15) is 0 Å². The van der Waals surface area contributed by atoms with Gasteiger partial charge in [0.15, 0.2) is 0 Å². The normalized spacial score (nSPS) is 10.8. The molecule has 0 spiro atoms. The molecular weight excluding hydrogens is 408 g/mol. The number of aryl methyl sites for hydroxylation is 1. The van der Waals surface area contributed by atoms with Crippen molar-refractivity contribution in [2.75, 3.05) is 5.32 Å². The van der Waals surface area contributed by atoms with Crippen molar-refractivity contribution < 1.29 is 4.79 Å². The van der Waals surface area contributed by atoms with Crippen LogP contribution >= 0.6 is 27.3 Å². The zero-order valence-electron chi connectivity index (χ0n) is 14.0. The number of halogens is 1. The molecule has 4 aromatic rings. The third-order valence-corrected chi connectivity index (χ3v) is 5.47. The molecule has 2 heterocycles. The van der Waals surface area contributed by atoms with E-state index in [4.69, 9.17) is 4.98 Å². The van der Waals surface area contributed by atoms with Crippen LogP contribution in [-0.2, 0) is 0 Å². The average Bonchev–Trinajstić information content (AvgIpc) is 3.16. The number of aromatic nitrogens is 1. The first-order valence-electron chi connectivity index (χ1n) is 8.13. The first-order valence-corrected chi connectivity index (χ1v) is 9.80. The van der Waals surface area contributed by atoms with E-state index in [9.17, 15) is 4.79 Å². The molecular formula is C21H15BrN2OS. The number of pyridine rings is 1. The number of carbonyl (C=O) groups excluding carboxylic acids is 1. The smallest absolute Gasteiger partial charge is 0.256 e. The van der Waals surface area contributed by atoms with Crippen LogP contribution < -0.4 is 5.32 Å². The van der Waals surface area contributed by atoms with Gasteiger partial charge in [0.25, 0.3) is 5.91 Å². The molecule has 1 N–H and O–H groups in total. The molecule has 5 heteroatoms. The predicted molar refractivity (Wildman–Crippen MR) is 112 cm³/mol. The summed E-state index contributed by atoms with van der Waals surface area (Å²) in [6, 6.07) is 19.3. The summed E-state index contributed by atoms with van der Waals surface area (Å²) in [5.41, 5.74) is 4.08. The first kappa shape index (κ1) is 16.9. The Morgan fingerprint density at radius 1 is 1.08 bits per heavy atom. The number of anilines is 1. The summed E-state index contributed by atoms with van der Waals surface area (Å²) >= 11 is 5.15. The van der Waals surface area contributed by atoms with Crippen LogP contribution in [0.5, 0.6) is 0 Å². The number of hydrogen-bond acceptors (Lipinski definition) is 3. The molecule has 0 bridgehead atoms. The molecule has 0 aliphatic carbocycles. The van der Waals surface area contributed by atoms with E-state index >= 15 is 0 Å². The zero-order valence-corrected chi connectivity index (χ0v) is 16.4. The maximum Gasteiger partial charge on any atom is 0.256 e. The Balaban J connectivity index is 1.89. The van der Waals surface area contributed by atoms with Crippen molar-refractivity contribution in [3.05, 3.63) is 81.6 Å². The number of fused-ring (bicyclic) bond motifs is 1. The molecule has 0 aliphatic heterocycles. The number of thiophene rings is 1. The van der Waals surface area contributed by atoms with Crippen LogP contribution in [0, 0.1) is 6.92 Å². The van der Waals surface area contributed by atoms with E-state index in [-0.39, 0.29) is 5.91 Å². The van der Waals surface area contributed by atoms with Crippen LogP contribution in [0.25, 0.3) is 21.5 Å². The predicted octanol–water partition coefficient (Wildman–Crippen LogP) is 6.29. The topological polar surface area (TPSA) is 42.0 Å². The highest BCUT2D eigenvalue weighted by Crippen LogP contribution is 2.31. The number of para-hydroxylation sites is 1. The van der Waals surface area contributed by atoms with E-state index in [1.165, 1.54) is 0 Å². The molecule has 128 valence electrons. The molecule has 0 saturated heterocycles. The lowest BCUT2D eigenvalue weighted by atomic mass is 10.0. The maximum absolute atomic E-state index is 13.0. The Kier molecular flexibility index (Phi) is 4.57. The number of amides is 1. The lowest BCUT2D eigenvalue weighted by molar-refractivity contribution is 0.102. The van der Waals surface area contributed by atoms with Crippen LogP contribution in [0.4, 0.5) is 5.69 Å². The van der Waals surface area contributed by atoms with Crippen molar-refractivity contribution >= 4 is 49.8 Å². The minimum Gasteiger partial charge on any atom is -0.322 e. The summed E-state index contributed by atoms with van der Waals surface area (Å²) in [6.45, 7) is 2.01. The van der Waals surface area contributed by atoms with E-state index in [1.807, 2.05) is 73.0 Å². The van der Waals surface area contributed by atoms with Crippen molar-refractivity contribution in [2.45, 2.75) is 6.92 Å².